The zero-order valence-electron chi connectivity index (χ0n) is 27.7. The third kappa shape index (κ3) is 7.20. The summed E-state index contributed by atoms with van der Waals surface area (Å²) in [5, 5.41) is 13.5. The number of likely N-dealkylation sites (N-methyl/N-ethyl adjacent to an activating group) is 1. The number of fused-ring (bicyclic) bond motifs is 1. The number of carbonyl (C=O) groups excluding carboxylic acids is 4. The second-order valence-corrected chi connectivity index (χ2v) is 13.3. The van der Waals surface area contributed by atoms with Crippen molar-refractivity contribution < 1.29 is 23.9 Å². The molecule has 1 fully saturated rings. The van der Waals surface area contributed by atoms with Crippen LogP contribution in [0.15, 0.2) is 72.9 Å². The van der Waals surface area contributed by atoms with E-state index in [4.69, 9.17) is 4.74 Å². The van der Waals surface area contributed by atoms with Gasteiger partial charge in [0.1, 0.15) is 10.5 Å². The van der Waals surface area contributed by atoms with Crippen LogP contribution in [0.2, 0.25) is 0 Å². The van der Waals surface area contributed by atoms with Crippen molar-refractivity contribution >= 4 is 62.6 Å². The van der Waals surface area contributed by atoms with E-state index in [2.05, 4.69) is 42.9 Å². The van der Waals surface area contributed by atoms with Crippen LogP contribution >= 0.6 is 11.3 Å². The molecule has 0 bridgehead atoms. The van der Waals surface area contributed by atoms with E-state index in [1.54, 1.807) is 43.5 Å². The zero-order chi connectivity index (χ0) is 34.7. The molecular formula is C35H38N8O5S. The van der Waals surface area contributed by atoms with Crippen molar-refractivity contribution in [2.24, 2.45) is 0 Å². The molecule has 49 heavy (non-hydrogen) atoms. The van der Waals surface area contributed by atoms with Gasteiger partial charge in [0.15, 0.2) is 5.82 Å². The summed E-state index contributed by atoms with van der Waals surface area (Å²) in [6, 6.07) is 19.8. The predicted octanol–water partition coefficient (Wildman–Crippen LogP) is 5.35. The summed E-state index contributed by atoms with van der Waals surface area (Å²) in [4.78, 5) is 61.5. The number of aromatic nitrogens is 3. The highest BCUT2D eigenvalue weighted by molar-refractivity contribution is 7.20. The Kier molecular flexibility index (Phi) is 9.51. The molecule has 0 atom stereocenters. The first-order valence-corrected chi connectivity index (χ1v) is 16.8. The molecule has 0 aliphatic carbocycles. The molecule has 1 saturated heterocycles. The number of anilines is 3. The third-order valence-corrected chi connectivity index (χ3v) is 9.49. The summed E-state index contributed by atoms with van der Waals surface area (Å²) < 4.78 is 6.26. The Labute approximate surface area is 287 Å². The van der Waals surface area contributed by atoms with Gasteiger partial charge in [-0.05, 0) is 69.8 Å². The van der Waals surface area contributed by atoms with Crippen LogP contribution in [-0.4, -0.2) is 83.3 Å². The van der Waals surface area contributed by atoms with Gasteiger partial charge >= 0.3 is 6.09 Å². The quantitative estimate of drug-likeness (QED) is 0.162. The summed E-state index contributed by atoms with van der Waals surface area (Å²) in [6.45, 7) is 8.95. The minimum Gasteiger partial charge on any atom is -0.448 e. The number of rotatable bonds is 9. The Bertz CT molecular complexity index is 1990. The number of aromatic amines is 1. The number of hydrogen-bond acceptors (Lipinski definition) is 9. The second kappa shape index (κ2) is 13.9. The van der Waals surface area contributed by atoms with Crippen molar-refractivity contribution in [2.75, 3.05) is 55.4 Å². The molecule has 254 valence electrons. The van der Waals surface area contributed by atoms with Gasteiger partial charge in [-0.25, -0.2) is 4.79 Å². The largest absolute Gasteiger partial charge is 0.448 e. The van der Waals surface area contributed by atoms with Gasteiger partial charge in [0.25, 0.3) is 17.7 Å². The Morgan fingerprint density at radius 1 is 0.918 bits per heavy atom. The van der Waals surface area contributed by atoms with Crippen molar-refractivity contribution in [3.63, 3.8) is 0 Å². The fourth-order valence-corrected chi connectivity index (χ4v) is 6.62. The topological polar surface area (TPSA) is 154 Å². The number of ether oxygens (including phenoxy) is 1. The molecule has 0 unspecified atom stereocenters. The van der Waals surface area contributed by atoms with E-state index in [0.717, 1.165) is 53.4 Å². The lowest BCUT2D eigenvalue weighted by Gasteiger charge is -2.34. The lowest BCUT2D eigenvalue weighted by Crippen LogP contribution is -2.44. The van der Waals surface area contributed by atoms with Gasteiger partial charge in [0.05, 0.1) is 33.7 Å². The van der Waals surface area contributed by atoms with Crippen molar-refractivity contribution in [2.45, 2.75) is 26.3 Å². The smallest absolute Gasteiger partial charge is 0.436 e. The summed E-state index contributed by atoms with van der Waals surface area (Å²) in [5.41, 5.74) is 1.94. The van der Waals surface area contributed by atoms with E-state index >= 15 is 0 Å². The van der Waals surface area contributed by atoms with Crippen molar-refractivity contribution in [3.05, 3.63) is 94.6 Å². The predicted molar refractivity (Wildman–Crippen MR) is 190 cm³/mol. The molecule has 3 aromatic heterocycles. The van der Waals surface area contributed by atoms with Gasteiger partial charge < -0.3 is 35.5 Å². The monoisotopic (exact) mass is 682 g/mol. The maximum absolute atomic E-state index is 13.9. The van der Waals surface area contributed by atoms with Crippen LogP contribution in [-0.2, 0) is 10.3 Å². The number of benzene rings is 2. The van der Waals surface area contributed by atoms with E-state index in [1.807, 2.05) is 50.2 Å². The second-order valence-electron chi connectivity index (χ2n) is 12.2. The van der Waals surface area contributed by atoms with Crippen molar-refractivity contribution in [3.8, 4) is 0 Å². The van der Waals surface area contributed by atoms with E-state index in [0.29, 0.717) is 26.5 Å². The molecule has 0 spiro atoms. The average Bonchev–Trinajstić information content (AvgIpc) is 3.85. The van der Waals surface area contributed by atoms with Gasteiger partial charge in [0.2, 0.25) is 0 Å². The summed E-state index contributed by atoms with van der Waals surface area (Å²) in [6.07, 6.45) is 0.897. The van der Waals surface area contributed by atoms with Crippen LogP contribution in [0.4, 0.5) is 22.0 Å². The maximum Gasteiger partial charge on any atom is 0.436 e. The molecular weight excluding hydrogens is 645 g/mol. The summed E-state index contributed by atoms with van der Waals surface area (Å²) >= 11 is 1.06. The first-order valence-electron chi connectivity index (χ1n) is 16.0. The standard InChI is InChI=1S/C35H38N8O5S/c1-5-48-34(47)43-33-25(21-28(49-33)32(46)39-35(2,3)22-10-7-6-8-11-22)29(40-43)38-30(44)24-14-13-23(42-18-16-41(4)17-19-42)20-27(24)37-31(45)26-12-9-15-36-26/h6-15,20-21,36H,5,16-19H2,1-4H3,(H,37,45)(H,39,46)(H,38,40,44). The number of hydrogen-bond donors (Lipinski definition) is 4. The van der Waals surface area contributed by atoms with E-state index in [1.165, 1.54) is 0 Å². The molecule has 13 nitrogen and oxygen atoms in total. The number of carbonyl (C=O) groups is 4. The van der Waals surface area contributed by atoms with Crippen LogP contribution < -0.4 is 20.9 Å². The van der Waals surface area contributed by atoms with Gasteiger partial charge in [-0.1, -0.05) is 30.3 Å². The number of piperazine rings is 1. The zero-order valence-corrected chi connectivity index (χ0v) is 28.5. The Morgan fingerprint density at radius 2 is 1.67 bits per heavy atom. The lowest BCUT2D eigenvalue weighted by molar-refractivity contribution is 0.0915. The van der Waals surface area contributed by atoms with Crippen LogP contribution in [0.3, 0.4) is 0 Å². The highest BCUT2D eigenvalue weighted by Gasteiger charge is 2.28. The van der Waals surface area contributed by atoms with E-state index < -0.39 is 23.4 Å². The van der Waals surface area contributed by atoms with Crippen LogP contribution in [0, 0.1) is 0 Å². The Balaban J connectivity index is 1.32. The summed E-state index contributed by atoms with van der Waals surface area (Å²) in [7, 11) is 2.07. The van der Waals surface area contributed by atoms with Crippen molar-refractivity contribution in [1.82, 2.24) is 25.0 Å². The Hall–Kier alpha value is -5.47. The fourth-order valence-electron chi connectivity index (χ4n) is 5.62. The van der Waals surface area contributed by atoms with Gasteiger partial charge in [0, 0.05) is 38.1 Å². The third-order valence-electron chi connectivity index (χ3n) is 8.38. The average molecular weight is 683 g/mol. The van der Waals surface area contributed by atoms with Gasteiger partial charge in [-0.2, -0.15) is 4.68 Å². The number of amides is 3. The Morgan fingerprint density at radius 3 is 2.37 bits per heavy atom. The molecule has 5 aromatic rings. The highest BCUT2D eigenvalue weighted by Crippen LogP contribution is 2.34. The molecule has 1 aliphatic heterocycles. The first kappa shape index (κ1) is 33.4. The molecule has 4 N–H and O–H groups in total. The molecule has 0 saturated carbocycles. The van der Waals surface area contributed by atoms with E-state index in [-0.39, 0.29) is 23.9 Å². The van der Waals surface area contributed by atoms with Crippen molar-refractivity contribution in [1.29, 1.82) is 0 Å². The summed E-state index contributed by atoms with van der Waals surface area (Å²) in [5.74, 6) is -1.26. The molecule has 14 heteroatoms. The van der Waals surface area contributed by atoms with Gasteiger partial charge in [-0.3, -0.25) is 14.4 Å². The number of H-pyrrole nitrogens is 1. The lowest BCUT2D eigenvalue weighted by atomic mass is 9.94. The molecule has 6 rings (SSSR count). The molecule has 3 amide bonds. The molecule has 0 radical (unpaired) electrons. The van der Waals surface area contributed by atoms with Crippen LogP contribution in [0.5, 0.6) is 0 Å². The van der Waals surface area contributed by atoms with Crippen LogP contribution in [0.1, 0.15) is 56.9 Å². The first-order chi connectivity index (χ1) is 23.5. The molecule has 4 heterocycles. The number of nitrogens with zero attached hydrogens (tertiary/aromatic N) is 4. The minimum atomic E-state index is -0.748. The SMILES string of the molecule is CCOC(=O)n1nc(NC(=O)c2ccc(N3CCN(C)CC3)cc2NC(=O)c2ccc[nH]2)c2cc(C(=O)NC(C)(C)c3ccccc3)sc21. The number of thiophene rings is 1. The van der Waals surface area contributed by atoms with Crippen LogP contribution in [0.25, 0.3) is 10.2 Å². The number of nitrogens with one attached hydrogen (secondary N) is 4. The highest BCUT2D eigenvalue weighted by atomic mass is 32.1. The normalized spacial score (nSPS) is 13.7. The molecule has 1 aliphatic rings. The fraction of sp³-hybridized carbons (Fsp3) is 0.286. The van der Waals surface area contributed by atoms with E-state index in [9.17, 15) is 19.2 Å². The minimum absolute atomic E-state index is 0.0652. The maximum atomic E-state index is 13.9. The van der Waals surface area contributed by atoms with Gasteiger partial charge in [-0.15, -0.1) is 16.4 Å². The molecule has 2 aromatic carbocycles.